The summed E-state index contributed by atoms with van der Waals surface area (Å²) in [5.74, 6) is -1.85. The molecule has 0 aliphatic heterocycles. The molecular weight excluding hydrogens is 352 g/mol. The maximum absolute atomic E-state index is 12.3. The zero-order valence-electron chi connectivity index (χ0n) is 14.4. The van der Waals surface area contributed by atoms with Gasteiger partial charge >= 0.3 is 5.69 Å². The van der Waals surface area contributed by atoms with Crippen molar-refractivity contribution in [2.24, 2.45) is 11.5 Å². The van der Waals surface area contributed by atoms with Gasteiger partial charge in [-0.1, -0.05) is 36.4 Å². The standard InChI is InChI=1S/C18H20N4O5/c19-13(8-11-4-2-1-3-5-11)18(25)21-14(17(20)24)9-12-6-7-16(23)15(10-12)22(26)27/h1-7,10,13-14,23H,8-9,19H2,(H2,20,24)(H,21,25)/t13-,14-/m0/s1. The van der Waals surface area contributed by atoms with Crippen LogP contribution in [0.3, 0.4) is 0 Å². The summed E-state index contributed by atoms with van der Waals surface area (Å²) in [7, 11) is 0. The van der Waals surface area contributed by atoms with Gasteiger partial charge in [-0.3, -0.25) is 19.7 Å². The number of phenolic OH excluding ortho intramolecular Hbond substituents is 1. The largest absolute Gasteiger partial charge is 0.502 e. The lowest BCUT2D eigenvalue weighted by molar-refractivity contribution is -0.385. The van der Waals surface area contributed by atoms with Gasteiger partial charge in [0.2, 0.25) is 11.8 Å². The minimum Gasteiger partial charge on any atom is -0.502 e. The van der Waals surface area contributed by atoms with Crippen LogP contribution in [0.1, 0.15) is 11.1 Å². The molecule has 0 aliphatic carbocycles. The van der Waals surface area contributed by atoms with Gasteiger partial charge in [0.1, 0.15) is 6.04 Å². The monoisotopic (exact) mass is 372 g/mol. The fraction of sp³-hybridized carbons (Fsp3) is 0.222. The van der Waals surface area contributed by atoms with Crippen molar-refractivity contribution in [1.82, 2.24) is 5.32 Å². The van der Waals surface area contributed by atoms with Gasteiger partial charge in [-0.25, -0.2) is 0 Å². The second-order valence-corrected chi connectivity index (χ2v) is 6.04. The van der Waals surface area contributed by atoms with Crippen LogP contribution in [0.15, 0.2) is 48.5 Å². The van der Waals surface area contributed by atoms with E-state index in [9.17, 15) is 24.8 Å². The maximum Gasteiger partial charge on any atom is 0.310 e. The molecule has 2 rings (SSSR count). The Morgan fingerprint density at radius 2 is 1.78 bits per heavy atom. The van der Waals surface area contributed by atoms with Crippen LogP contribution in [-0.4, -0.2) is 33.9 Å². The average Bonchev–Trinajstić information content (AvgIpc) is 2.63. The number of nitro groups is 1. The van der Waals surface area contributed by atoms with Crippen LogP contribution in [0.4, 0.5) is 5.69 Å². The topological polar surface area (TPSA) is 162 Å². The maximum atomic E-state index is 12.3. The first-order chi connectivity index (χ1) is 12.8. The number of amides is 2. The molecule has 0 bridgehead atoms. The van der Waals surface area contributed by atoms with Crippen molar-refractivity contribution in [3.63, 3.8) is 0 Å². The number of benzene rings is 2. The highest BCUT2D eigenvalue weighted by atomic mass is 16.6. The van der Waals surface area contributed by atoms with Crippen molar-refractivity contribution >= 4 is 17.5 Å². The van der Waals surface area contributed by atoms with Crippen molar-refractivity contribution in [2.45, 2.75) is 24.9 Å². The number of primary amides is 1. The number of rotatable bonds is 8. The molecule has 0 radical (unpaired) electrons. The minimum atomic E-state index is -1.09. The van der Waals surface area contributed by atoms with E-state index in [2.05, 4.69) is 5.32 Å². The fourth-order valence-electron chi connectivity index (χ4n) is 2.54. The van der Waals surface area contributed by atoms with Gasteiger partial charge in [0, 0.05) is 12.5 Å². The van der Waals surface area contributed by atoms with Crippen LogP contribution in [-0.2, 0) is 22.4 Å². The van der Waals surface area contributed by atoms with E-state index in [4.69, 9.17) is 11.5 Å². The molecule has 0 aromatic heterocycles. The normalized spacial score (nSPS) is 12.8. The molecule has 9 heteroatoms. The van der Waals surface area contributed by atoms with Crippen molar-refractivity contribution in [3.05, 3.63) is 69.8 Å². The molecule has 2 aromatic carbocycles. The fourth-order valence-corrected chi connectivity index (χ4v) is 2.54. The van der Waals surface area contributed by atoms with Crippen molar-refractivity contribution in [2.75, 3.05) is 0 Å². The summed E-state index contributed by atoms with van der Waals surface area (Å²) in [6.45, 7) is 0. The van der Waals surface area contributed by atoms with E-state index in [1.165, 1.54) is 6.07 Å². The molecule has 6 N–H and O–H groups in total. The minimum absolute atomic E-state index is 0.0692. The van der Waals surface area contributed by atoms with Crippen LogP contribution in [0.25, 0.3) is 0 Å². The average molecular weight is 372 g/mol. The number of nitrogens with two attached hydrogens (primary N) is 2. The van der Waals surface area contributed by atoms with Gasteiger partial charge < -0.3 is 21.9 Å². The Kier molecular flexibility index (Phi) is 6.45. The Balaban J connectivity index is 2.07. The predicted molar refractivity (Wildman–Crippen MR) is 97.7 cm³/mol. The molecule has 0 saturated carbocycles. The third kappa shape index (κ3) is 5.51. The molecule has 0 spiro atoms. The summed E-state index contributed by atoms with van der Waals surface area (Å²) < 4.78 is 0. The lowest BCUT2D eigenvalue weighted by Gasteiger charge is -2.19. The van der Waals surface area contributed by atoms with Crippen molar-refractivity contribution in [3.8, 4) is 5.75 Å². The summed E-state index contributed by atoms with van der Waals surface area (Å²) >= 11 is 0. The molecule has 2 aromatic rings. The Labute approximate surface area is 155 Å². The lowest BCUT2D eigenvalue weighted by Crippen LogP contribution is -2.51. The number of phenols is 1. The van der Waals surface area contributed by atoms with E-state index in [1.807, 2.05) is 30.3 Å². The SMILES string of the molecule is NC(=O)[C@H](Cc1ccc(O)c([N+](=O)[O-])c1)NC(=O)[C@@H](N)Cc1ccccc1. The highest BCUT2D eigenvalue weighted by molar-refractivity contribution is 5.89. The molecule has 0 unspecified atom stereocenters. The summed E-state index contributed by atoms with van der Waals surface area (Å²) in [6, 6.07) is 10.8. The van der Waals surface area contributed by atoms with Crippen LogP contribution in [0.2, 0.25) is 0 Å². The molecule has 0 aliphatic rings. The van der Waals surface area contributed by atoms with Gasteiger partial charge in [0.25, 0.3) is 0 Å². The van der Waals surface area contributed by atoms with Gasteiger partial charge in [-0.15, -0.1) is 0 Å². The highest BCUT2D eigenvalue weighted by Gasteiger charge is 2.24. The number of hydrogen-bond donors (Lipinski definition) is 4. The van der Waals surface area contributed by atoms with E-state index in [-0.39, 0.29) is 12.8 Å². The van der Waals surface area contributed by atoms with Crippen molar-refractivity contribution in [1.29, 1.82) is 0 Å². The van der Waals surface area contributed by atoms with Crippen LogP contribution in [0, 0.1) is 10.1 Å². The Bertz CT molecular complexity index is 841. The van der Waals surface area contributed by atoms with E-state index >= 15 is 0 Å². The summed E-state index contributed by atoms with van der Waals surface area (Å²) in [4.78, 5) is 34.1. The van der Waals surface area contributed by atoms with Crippen molar-refractivity contribution < 1.29 is 19.6 Å². The zero-order valence-corrected chi connectivity index (χ0v) is 14.4. The van der Waals surface area contributed by atoms with E-state index in [0.717, 1.165) is 17.7 Å². The molecule has 9 nitrogen and oxygen atoms in total. The molecule has 142 valence electrons. The Hall–Kier alpha value is -3.46. The number of nitrogens with one attached hydrogen (secondary N) is 1. The summed E-state index contributed by atoms with van der Waals surface area (Å²) in [5, 5.41) is 22.9. The van der Waals surface area contributed by atoms with Crippen LogP contribution in [0.5, 0.6) is 5.75 Å². The number of carbonyl (C=O) groups excluding carboxylic acids is 2. The van der Waals surface area contributed by atoms with E-state index < -0.39 is 40.3 Å². The number of nitrogens with zero attached hydrogens (tertiary/aromatic N) is 1. The number of aromatic hydroxyl groups is 1. The molecular formula is C18H20N4O5. The van der Waals surface area contributed by atoms with Gasteiger partial charge in [0.15, 0.2) is 5.75 Å². The Morgan fingerprint density at radius 1 is 1.11 bits per heavy atom. The smallest absolute Gasteiger partial charge is 0.310 e. The van der Waals surface area contributed by atoms with Crippen LogP contribution >= 0.6 is 0 Å². The predicted octanol–water partition coefficient (Wildman–Crippen LogP) is 0.383. The van der Waals surface area contributed by atoms with Gasteiger partial charge in [-0.2, -0.15) is 0 Å². The second-order valence-electron chi connectivity index (χ2n) is 6.04. The summed E-state index contributed by atoms with van der Waals surface area (Å²) in [5.41, 5.74) is 12.0. The third-order valence-electron chi connectivity index (χ3n) is 3.97. The second kappa shape index (κ2) is 8.77. The molecule has 2 atom stereocenters. The molecule has 0 heterocycles. The van der Waals surface area contributed by atoms with Gasteiger partial charge in [0.05, 0.1) is 11.0 Å². The first-order valence-corrected chi connectivity index (χ1v) is 8.13. The first-order valence-electron chi connectivity index (χ1n) is 8.13. The van der Waals surface area contributed by atoms with Gasteiger partial charge in [-0.05, 0) is 23.6 Å². The highest BCUT2D eigenvalue weighted by Crippen LogP contribution is 2.26. The Morgan fingerprint density at radius 3 is 2.37 bits per heavy atom. The molecule has 2 amide bonds. The number of nitro benzene ring substituents is 1. The number of carbonyl (C=O) groups is 2. The third-order valence-corrected chi connectivity index (χ3v) is 3.97. The van der Waals surface area contributed by atoms with Crippen LogP contribution < -0.4 is 16.8 Å². The number of hydrogen-bond acceptors (Lipinski definition) is 6. The quantitative estimate of drug-likeness (QED) is 0.387. The molecule has 0 saturated heterocycles. The molecule has 0 fully saturated rings. The van der Waals surface area contributed by atoms with E-state index in [0.29, 0.717) is 5.56 Å². The first kappa shape index (κ1) is 19.9. The summed E-state index contributed by atoms with van der Waals surface area (Å²) in [6.07, 6.45) is 0.211. The van der Waals surface area contributed by atoms with E-state index in [1.54, 1.807) is 0 Å². The molecule has 27 heavy (non-hydrogen) atoms. The lowest BCUT2D eigenvalue weighted by atomic mass is 10.0. The zero-order chi connectivity index (χ0) is 20.0.